The summed E-state index contributed by atoms with van der Waals surface area (Å²) in [4.78, 5) is 50.6. The van der Waals surface area contributed by atoms with Crippen LogP contribution in [0.1, 0.15) is 26.7 Å². The summed E-state index contributed by atoms with van der Waals surface area (Å²) in [6.07, 6.45) is -0.654. The normalized spacial score (nSPS) is 14.7. The zero-order valence-electron chi connectivity index (χ0n) is 15.8. The van der Waals surface area contributed by atoms with Crippen molar-refractivity contribution >= 4 is 29.7 Å². The Hall–Kier alpha value is -2.93. The van der Waals surface area contributed by atoms with Gasteiger partial charge in [-0.3, -0.25) is 24.2 Å². The number of carboxylic acid groups (broad SMARTS) is 1. The SMILES string of the molecule is CC(NC(=O)C(N)C(C)O)C(=O)NC(CCCN=C(N)N)C(=O)NCC(=O)O. The molecule has 4 unspecified atom stereocenters. The molecule has 0 fully saturated rings. The molecule has 4 atom stereocenters. The number of aliphatic hydroxyl groups excluding tert-OH is 1. The van der Waals surface area contributed by atoms with Gasteiger partial charge in [-0.25, -0.2) is 0 Å². The Balaban J connectivity index is 4.90. The van der Waals surface area contributed by atoms with Gasteiger partial charge in [0.1, 0.15) is 24.7 Å². The zero-order valence-corrected chi connectivity index (χ0v) is 15.8. The number of nitrogens with two attached hydrogens (primary N) is 3. The van der Waals surface area contributed by atoms with Crippen LogP contribution in [-0.4, -0.2) is 77.2 Å². The maximum atomic E-state index is 12.3. The van der Waals surface area contributed by atoms with Crippen molar-refractivity contribution in [3.8, 4) is 0 Å². The summed E-state index contributed by atoms with van der Waals surface area (Å²) in [5.41, 5.74) is 15.9. The van der Waals surface area contributed by atoms with E-state index in [9.17, 15) is 24.3 Å². The van der Waals surface area contributed by atoms with Gasteiger partial charge in [0, 0.05) is 6.54 Å². The molecule has 160 valence electrons. The van der Waals surface area contributed by atoms with Crippen LogP contribution < -0.4 is 33.2 Å². The topological polar surface area (TPSA) is 235 Å². The highest BCUT2D eigenvalue weighted by molar-refractivity contribution is 5.93. The largest absolute Gasteiger partial charge is 0.480 e. The molecule has 0 aromatic heterocycles. The molecule has 0 aliphatic carbocycles. The van der Waals surface area contributed by atoms with Gasteiger partial charge in [-0.15, -0.1) is 0 Å². The summed E-state index contributed by atoms with van der Waals surface area (Å²) in [7, 11) is 0. The number of hydrogen-bond donors (Lipinski definition) is 8. The fraction of sp³-hybridized carbons (Fsp3) is 0.667. The maximum absolute atomic E-state index is 12.3. The zero-order chi connectivity index (χ0) is 21.9. The lowest BCUT2D eigenvalue weighted by atomic mass is 10.1. The Morgan fingerprint density at radius 1 is 1.04 bits per heavy atom. The molecule has 11 N–H and O–H groups in total. The highest BCUT2D eigenvalue weighted by atomic mass is 16.4. The number of rotatable bonds is 12. The molecule has 0 aromatic rings. The van der Waals surface area contributed by atoms with Crippen LogP contribution >= 0.6 is 0 Å². The van der Waals surface area contributed by atoms with Crippen molar-refractivity contribution in [2.24, 2.45) is 22.2 Å². The fourth-order valence-electron chi connectivity index (χ4n) is 1.95. The first-order valence-electron chi connectivity index (χ1n) is 8.55. The Kier molecular flexibility index (Phi) is 11.2. The van der Waals surface area contributed by atoms with E-state index in [4.69, 9.17) is 22.3 Å². The van der Waals surface area contributed by atoms with E-state index in [0.717, 1.165) is 0 Å². The number of aliphatic imine (C=N–C) groups is 1. The van der Waals surface area contributed by atoms with Gasteiger partial charge in [0.05, 0.1) is 6.10 Å². The van der Waals surface area contributed by atoms with Crippen LogP contribution in [0.5, 0.6) is 0 Å². The van der Waals surface area contributed by atoms with Gasteiger partial charge in [-0.2, -0.15) is 0 Å². The standard InChI is InChI=1S/C15H29N7O6/c1-7(21-14(28)11(16)8(2)23)12(26)22-9(4-3-5-19-15(17)18)13(27)20-6-10(24)25/h7-9,11,23H,3-6,16H2,1-2H3,(H,20,27)(H,21,28)(H,22,26)(H,24,25)(H4,17,18,19). The van der Waals surface area contributed by atoms with E-state index >= 15 is 0 Å². The molecule has 0 heterocycles. The minimum atomic E-state index is -1.24. The third-order valence-electron chi connectivity index (χ3n) is 3.57. The van der Waals surface area contributed by atoms with Crippen molar-refractivity contribution in [2.45, 2.75) is 50.9 Å². The van der Waals surface area contributed by atoms with Gasteiger partial charge >= 0.3 is 5.97 Å². The van der Waals surface area contributed by atoms with Crippen LogP contribution in [0, 0.1) is 0 Å². The van der Waals surface area contributed by atoms with E-state index in [-0.39, 0.29) is 18.9 Å². The van der Waals surface area contributed by atoms with Crippen LogP contribution in [0.15, 0.2) is 4.99 Å². The van der Waals surface area contributed by atoms with Crippen LogP contribution in [-0.2, 0) is 19.2 Å². The van der Waals surface area contributed by atoms with Crippen molar-refractivity contribution in [2.75, 3.05) is 13.1 Å². The number of aliphatic carboxylic acids is 1. The quantitative estimate of drug-likeness (QED) is 0.0897. The summed E-state index contributed by atoms with van der Waals surface area (Å²) < 4.78 is 0. The molecular weight excluding hydrogens is 374 g/mol. The van der Waals surface area contributed by atoms with Crippen molar-refractivity contribution < 1.29 is 29.4 Å². The lowest BCUT2D eigenvalue weighted by Gasteiger charge is -2.22. The minimum Gasteiger partial charge on any atom is -0.480 e. The smallest absolute Gasteiger partial charge is 0.322 e. The lowest BCUT2D eigenvalue weighted by Crippen LogP contribution is -2.56. The van der Waals surface area contributed by atoms with Crippen molar-refractivity contribution in [3.05, 3.63) is 0 Å². The van der Waals surface area contributed by atoms with Crippen LogP contribution in [0.4, 0.5) is 0 Å². The molecule has 13 heteroatoms. The van der Waals surface area contributed by atoms with Gasteiger partial charge in [0.2, 0.25) is 17.7 Å². The van der Waals surface area contributed by atoms with E-state index in [2.05, 4.69) is 20.9 Å². The van der Waals surface area contributed by atoms with E-state index in [1.54, 1.807) is 0 Å². The number of guanidine groups is 1. The number of nitrogens with zero attached hydrogens (tertiary/aromatic N) is 1. The first-order chi connectivity index (χ1) is 13.0. The molecule has 13 nitrogen and oxygen atoms in total. The van der Waals surface area contributed by atoms with Gasteiger partial charge in [0.25, 0.3) is 0 Å². The molecule has 0 aliphatic rings. The highest BCUT2D eigenvalue weighted by Crippen LogP contribution is 2.00. The third-order valence-corrected chi connectivity index (χ3v) is 3.57. The first-order valence-corrected chi connectivity index (χ1v) is 8.55. The first kappa shape index (κ1) is 25.1. The number of nitrogens with one attached hydrogen (secondary N) is 3. The summed E-state index contributed by atoms with van der Waals surface area (Å²) >= 11 is 0. The minimum absolute atomic E-state index is 0.123. The maximum Gasteiger partial charge on any atom is 0.322 e. The lowest BCUT2D eigenvalue weighted by molar-refractivity contribution is -0.138. The Bertz CT molecular complexity index is 591. The molecule has 3 amide bonds. The molecule has 0 rings (SSSR count). The van der Waals surface area contributed by atoms with Gasteiger partial charge in [0.15, 0.2) is 5.96 Å². The van der Waals surface area contributed by atoms with Crippen molar-refractivity contribution in [3.63, 3.8) is 0 Å². The summed E-state index contributed by atoms with van der Waals surface area (Å²) in [5, 5.41) is 24.9. The predicted octanol–water partition coefficient (Wildman–Crippen LogP) is -4.06. The summed E-state index contributed by atoms with van der Waals surface area (Å²) in [6, 6.07) is -3.33. The molecule has 0 bridgehead atoms. The number of hydrogen-bond acceptors (Lipinski definition) is 7. The molecule has 0 aliphatic heterocycles. The molecule has 28 heavy (non-hydrogen) atoms. The molecule has 0 saturated heterocycles. The number of amides is 3. The van der Waals surface area contributed by atoms with E-state index in [1.807, 2.05) is 0 Å². The van der Waals surface area contributed by atoms with E-state index in [1.165, 1.54) is 13.8 Å². The monoisotopic (exact) mass is 403 g/mol. The van der Waals surface area contributed by atoms with E-state index < -0.39 is 54.5 Å². The van der Waals surface area contributed by atoms with Crippen LogP contribution in [0.2, 0.25) is 0 Å². The van der Waals surface area contributed by atoms with Crippen molar-refractivity contribution in [1.29, 1.82) is 0 Å². The van der Waals surface area contributed by atoms with Gasteiger partial charge in [-0.1, -0.05) is 0 Å². The third kappa shape index (κ3) is 10.3. The van der Waals surface area contributed by atoms with Gasteiger partial charge in [-0.05, 0) is 26.7 Å². The second-order valence-corrected chi connectivity index (χ2v) is 6.12. The number of carboxylic acids is 1. The van der Waals surface area contributed by atoms with Crippen LogP contribution in [0.3, 0.4) is 0 Å². The molecule has 0 spiro atoms. The molecule has 0 aromatic carbocycles. The highest BCUT2D eigenvalue weighted by Gasteiger charge is 2.26. The summed E-state index contributed by atoms with van der Waals surface area (Å²) in [5.74, 6) is -3.51. The average Bonchev–Trinajstić information content (AvgIpc) is 2.60. The fourth-order valence-corrected chi connectivity index (χ4v) is 1.95. The number of carbonyl (C=O) groups excluding carboxylic acids is 3. The number of aliphatic hydroxyl groups is 1. The predicted molar refractivity (Wildman–Crippen MR) is 99.7 cm³/mol. The molecule has 0 radical (unpaired) electrons. The van der Waals surface area contributed by atoms with Gasteiger partial charge < -0.3 is 43.4 Å². The second kappa shape index (κ2) is 12.5. The van der Waals surface area contributed by atoms with E-state index in [0.29, 0.717) is 6.42 Å². The van der Waals surface area contributed by atoms with Crippen molar-refractivity contribution in [1.82, 2.24) is 16.0 Å². The Morgan fingerprint density at radius 2 is 1.64 bits per heavy atom. The Labute approximate surface area is 162 Å². The molecule has 0 saturated carbocycles. The summed E-state index contributed by atoms with van der Waals surface area (Å²) in [6.45, 7) is 2.28. The Morgan fingerprint density at radius 3 is 2.14 bits per heavy atom. The van der Waals surface area contributed by atoms with Crippen LogP contribution in [0.25, 0.3) is 0 Å². The number of carbonyl (C=O) groups is 4. The molecular formula is C15H29N7O6. The second-order valence-electron chi connectivity index (χ2n) is 6.12. The average molecular weight is 403 g/mol.